The topological polar surface area (TPSA) is 76.8 Å². The minimum atomic E-state index is -2.74. The van der Waals surface area contributed by atoms with E-state index in [0.717, 1.165) is 51.5 Å². The van der Waals surface area contributed by atoms with E-state index in [9.17, 15) is 18.4 Å². The number of hydrogen-bond donors (Lipinski definition) is 0. The van der Waals surface area contributed by atoms with E-state index < -0.39 is 18.9 Å². The molecule has 1 saturated carbocycles. The number of anilines is 1. The minimum Gasteiger partial charge on any atom is -0.465 e. The number of aromatic nitrogens is 3. The van der Waals surface area contributed by atoms with Crippen molar-refractivity contribution in [3.05, 3.63) is 59.7 Å². The van der Waals surface area contributed by atoms with Gasteiger partial charge in [0.25, 0.3) is 6.43 Å². The van der Waals surface area contributed by atoms with Crippen LogP contribution < -0.4 is 4.90 Å². The van der Waals surface area contributed by atoms with E-state index in [1.807, 2.05) is 36.5 Å². The van der Waals surface area contributed by atoms with Crippen molar-refractivity contribution in [1.29, 1.82) is 0 Å². The molecule has 7 nitrogen and oxygen atoms in total. The Labute approximate surface area is 223 Å². The fourth-order valence-electron chi connectivity index (χ4n) is 4.91. The van der Waals surface area contributed by atoms with Crippen molar-refractivity contribution in [1.82, 2.24) is 14.6 Å². The SMILES string of the molecule is COC(=O)c1sc(-c2ccc(-c3cc4ncccn4n3)cc2)cc1N(CC(F)F)C(=O)C1CCC(C)CC1. The fraction of sp³-hybridized carbons (Fsp3) is 0.357. The first-order chi connectivity index (χ1) is 18.3. The number of amides is 1. The highest BCUT2D eigenvalue weighted by Gasteiger charge is 2.33. The molecule has 38 heavy (non-hydrogen) atoms. The lowest BCUT2D eigenvalue weighted by Crippen LogP contribution is -2.41. The summed E-state index contributed by atoms with van der Waals surface area (Å²) in [7, 11) is 1.24. The number of hydrogen-bond acceptors (Lipinski definition) is 6. The van der Waals surface area contributed by atoms with Crippen LogP contribution in [0.5, 0.6) is 0 Å². The Kier molecular flexibility index (Phi) is 7.51. The molecule has 198 valence electrons. The summed E-state index contributed by atoms with van der Waals surface area (Å²) in [6.07, 6.45) is 3.86. The Bertz CT molecular complexity index is 1410. The van der Waals surface area contributed by atoms with E-state index in [1.165, 1.54) is 7.11 Å². The van der Waals surface area contributed by atoms with E-state index in [1.54, 1.807) is 22.8 Å². The monoisotopic (exact) mass is 538 g/mol. The summed E-state index contributed by atoms with van der Waals surface area (Å²) in [6.45, 7) is 1.36. The summed E-state index contributed by atoms with van der Waals surface area (Å²) in [6, 6.07) is 12.9. The van der Waals surface area contributed by atoms with Gasteiger partial charge in [-0.05, 0) is 49.3 Å². The van der Waals surface area contributed by atoms with Crippen molar-refractivity contribution in [3.8, 4) is 21.7 Å². The standard InChI is InChI=1S/C28H28F2N4O3S/c1-17-4-6-20(7-5-17)27(35)33(16-24(29)30)22-15-23(38-26(22)28(36)37-2)19-10-8-18(9-11-19)21-14-25-31-12-3-13-34(25)32-21/h3,8-15,17,20,24H,4-7,16H2,1-2H3. The number of thiophene rings is 1. The molecule has 1 aliphatic rings. The highest BCUT2D eigenvalue weighted by molar-refractivity contribution is 7.18. The Morgan fingerprint density at radius 1 is 1.13 bits per heavy atom. The molecular weight excluding hydrogens is 510 g/mol. The molecule has 0 radical (unpaired) electrons. The average molecular weight is 539 g/mol. The molecule has 3 heterocycles. The molecule has 0 aliphatic heterocycles. The van der Waals surface area contributed by atoms with Crippen LogP contribution in [0.25, 0.3) is 27.3 Å². The molecule has 3 aromatic heterocycles. The van der Waals surface area contributed by atoms with Crippen LogP contribution in [0.3, 0.4) is 0 Å². The second-order valence-electron chi connectivity index (χ2n) is 9.64. The lowest BCUT2D eigenvalue weighted by Gasteiger charge is -2.31. The van der Waals surface area contributed by atoms with Crippen LogP contribution in [0.4, 0.5) is 14.5 Å². The van der Waals surface area contributed by atoms with Crippen molar-refractivity contribution in [3.63, 3.8) is 0 Å². The molecule has 0 N–H and O–H groups in total. The van der Waals surface area contributed by atoms with Gasteiger partial charge in [0.05, 0.1) is 25.0 Å². The van der Waals surface area contributed by atoms with Gasteiger partial charge in [-0.3, -0.25) is 4.79 Å². The molecule has 0 spiro atoms. The molecule has 1 aliphatic carbocycles. The molecule has 1 fully saturated rings. The van der Waals surface area contributed by atoms with Gasteiger partial charge in [-0.2, -0.15) is 5.10 Å². The molecule has 0 saturated heterocycles. The first-order valence-corrected chi connectivity index (χ1v) is 13.4. The van der Waals surface area contributed by atoms with Gasteiger partial charge in [0.15, 0.2) is 5.65 Å². The first-order valence-electron chi connectivity index (χ1n) is 12.6. The molecule has 10 heteroatoms. The fourth-order valence-corrected chi connectivity index (χ4v) is 6.00. The number of benzene rings is 1. The Morgan fingerprint density at radius 3 is 2.50 bits per heavy atom. The van der Waals surface area contributed by atoms with Gasteiger partial charge < -0.3 is 9.64 Å². The van der Waals surface area contributed by atoms with E-state index in [4.69, 9.17) is 4.74 Å². The Morgan fingerprint density at radius 2 is 1.84 bits per heavy atom. The summed E-state index contributed by atoms with van der Waals surface area (Å²) in [5, 5.41) is 4.54. The smallest absolute Gasteiger partial charge is 0.350 e. The number of methoxy groups -OCH3 is 1. The molecule has 4 aromatic rings. The average Bonchev–Trinajstić information content (AvgIpc) is 3.56. The summed E-state index contributed by atoms with van der Waals surface area (Å²) in [5.41, 5.74) is 3.33. The lowest BCUT2D eigenvalue weighted by molar-refractivity contribution is -0.124. The molecule has 1 amide bonds. The maximum atomic E-state index is 13.7. The number of halogens is 2. The second kappa shape index (κ2) is 11.0. The zero-order valence-corrected chi connectivity index (χ0v) is 22.0. The minimum absolute atomic E-state index is 0.135. The van der Waals surface area contributed by atoms with Crippen molar-refractivity contribution < 1.29 is 23.1 Å². The van der Waals surface area contributed by atoms with Gasteiger partial charge in [0.1, 0.15) is 4.88 Å². The molecule has 5 rings (SSSR count). The summed E-state index contributed by atoms with van der Waals surface area (Å²) in [4.78, 5) is 32.3. The van der Waals surface area contributed by atoms with Crippen LogP contribution in [0.1, 0.15) is 42.3 Å². The van der Waals surface area contributed by atoms with Crippen molar-refractivity contribution in [2.75, 3.05) is 18.6 Å². The summed E-state index contributed by atoms with van der Waals surface area (Å²) >= 11 is 1.13. The largest absolute Gasteiger partial charge is 0.465 e. The zero-order valence-electron chi connectivity index (χ0n) is 21.1. The predicted octanol–water partition coefficient (Wildman–Crippen LogP) is 6.34. The van der Waals surface area contributed by atoms with Crippen LogP contribution >= 0.6 is 11.3 Å². The third kappa shape index (κ3) is 5.31. The van der Waals surface area contributed by atoms with Gasteiger partial charge in [0.2, 0.25) is 5.91 Å². The van der Waals surface area contributed by atoms with Crippen LogP contribution in [0, 0.1) is 11.8 Å². The number of alkyl halides is 2. The molecular formula is C28H28F2N4O3S. The van der Waals surface area contributed by atoms with Crippen molar-refractivity contribution in [2.24, 2.45) is 11.8 Å². The van der Waals surface area contributed by atoms with E-state index in [0.29, 0.717) is 23.6 Å². The van der Waals surface area contributed by atoms with Gasteiger partial charge in [0, 0.05) is 34.8 Å². The Balaban J connectivity index is 1.48. The number of nitrogens with zero attached hydrogens (tertiary/aromatic N) is 4. The van der Waals surface area contributed by atoms with Crippen LogP contribution in [0.2, 0.25) is 0 Å². The molecule has 0 unspecified atom stereocenters. The normalized spacial score (nSPS) is 17.6. The van der Waals surface area contributed by atoms with E-state index in [-0.39, 0.29) is 22.4 Å². The maximum absolute atomic E-state index is 13.7. The lowest BCUT2D eigenvalue weighted by atomic mass is 9.82. The van der Waals surface area contributed by atoms with Gasteiger partial charge in [-0.15, -0.1) is 11.3 Å². The summed E-state index contributed by atoms with van der Waals surface area (Å²) < 4.78 is 34.0. The van der Waals surface area contributed by atoms with Gasteiger partial charge in [-0.1, -0.05) is 31.2 Å². The number of rotatable bonds is 7. The third-order valence-electron chi connectivity index (χ3n) is 7.03. The van der Waals surface area contributed by atoms with Gasteiger partial charge in [-0.25, -0.2) is 23.1 Å². The quantitative estimate of drug-likeness (QED) is 0.257. The highest BCUT2D eigenvalue weighted by atomic mass is 32.1. The second-order valence-corrected chi connectivity index (χ2v) is 10.7. The number of esters is 1. The molecule has 0 atom stereocenters. The Hall–Kier alpha value is -3.66. The molecule has 0 bridgehead atoms. The zero-order chi connectivity index (χ0) is 26.8. The maximum Gasteiger partial charge on any atom is 0.350 e. The van der Waals surface area contributed by atoms with Crippen molar-refractivity contribution >= 4 is 34.5 Å². The number of fused-ring (bicyclic) bond motifs is 1. The van der Waals surface area contributed by atoms with E-state index in [2.05, 4.69) is 17.0 Å². The van der Waals surface area contributed by atoms with Crippen LogP contribution in [-0.4, -0.2) is 46.6 Å². The number of ether oxygens (including phenoxy) is 1. The third-order valence-corrected chi connectivity index (χ3v) is 8.18. The van der Waals surface area contributed by atoms with Gasteiger partial charge >= 0.3 is 5.97 Å². The summed E-state index contributed by atoms with van der Waals surface area (Å²) in [5.74, 6) is -0.837. The van der Waals surface area contributed by atoms with E-state index >= 15 is 0 Å². The highest BCUT2D eigenvalue weighted by Crippen LogP contribution is 2.40. The van der Waals surface area contributed by atoms with Crippen LogP contribution in [-0.2, 0) is 9.53 Å². The number of carbonyl (C=O) groups excluding carboxylic acids is 2. The van der Waals surface area contributed by atoms with Crippen molar-refractivity contribution in [2.45, 2.75) is 39.0 Å². The first kappa shape index (κ1) is 26.0. The molecule has 1 aromatic carbocycles. The predicted molar refractivity (Wildman–Crippen MR) is 143 cm³/mol. The number of carbonyl (C=O) groups is 2. The van der Waals surface area contributed by atoms with Crippen LogP contribution in [0.15, 0.2) is 54.9 Å².